The molecule has 25 heavy (non-hydrogen) atoms. The highest BCUT2D eigenvalue weighted by atomic mass is 35.5. The van der Waals surface area contributed by atoms with Crippen LogP contribution in [-0.4, -0.2) is 18.5 Å². The summed E-state index contributed by atoms with van der Waals surface area (Å²) in [5.74, 6) is -1.20. The number of fused-ring (bicyclic) bond motifs is 1. The van der Waals surface area contributed by atoms with Crippen molar-refractivity contribution < 1.29 is 18.7 Å². The molecule has 1 N–H and O–H groups in total. The number of rotatable bonds is 4. The molecule has 0 unspecified atom stereocenters. The Morgan fingerprint density at radius 1 is 1.16 bits per heavy atom. The van der Waals surface area contributed by atoms with Crippen molar-refractivity contribution in [2.75, 3.05) is 11.9 Å². The van der Waals surface area contributed by atoms with Crippen LogP contribution < -0.4 is 5.32 Å². The van der Waals surface area contributed by atoms with Gasteiger partial charge in [-0.1, -0.05) is 29.3 Å². The van der Waals surface area contributed by atoms with Crippen LogP contribution in [0.3, 0.4) is 0 Å². The molecule has 0 bridgehead atoms. The van der Waals surface area contributed by atoms with Gasteiger partial charge in [0.05, 0.1) is 0 Å². The smallest absolute Gasteiger partial charge is 0.374 e. The highest BCUT2D eigenvalue weighted by molar-refractivity contribution is 6.32. The summed E-state index contributed by atoms with van der Waals surface area (Å²) in [5, 5.41) is 4.39. The average molecular weight is 378 g/mol. The summed E-state index contributed by atoms with van der Waals surface area (Å²) in [5.41, 5.74) is 1.81. The van der Waals surface area contributed by atoms with Crippen LogP contribution in [0.25, 0.3) is 11.0 Å². The number of halogens is 2. The first-order valence-electron chi connectivity index (χ1n) is 7.35. The largest absolute Gasteiger partial charge is 0.450 e. The van der Waals surface area contributed by atoms with Gasteiger partial charge in [0.2, 0.25) is 5.76 Å². The van der Waals surface area contributed by atoms with E-state index < -0.39 is 18.5 Å². The number of nitrogens with one attached hydrogen (secondary N) is 1. The minimum Gasteiger partial charge on any atom is -0.450 e. The van der Waals surface area contributed by atoms with Gasteiger partial charge in [-0.3, -0.25) is 4.79 Å². The van der Waals surface area contributed by atoms with E-state index in [0.29, 0.717) is 26.7 Å². The Labute approximate surface area is 153 Å². The van der Waals surface area contributed by atoms with Gasteiger partial charge < -0.3 is 14.5 Å². The second-order valence-corrected chi connectivity index (χ2v) is 6.17. The molecule has 2 aromatic carbocycles. The number of carbonyl (C=O) groups excluding carboxylic acids is 2. The zero-order valence-electron chi connectivity index (χ0n) is 13.1. The number of furan rings is 1. The van der Waals surface area contributed by atoms with Crippen molar-refractivity contribution in [1.29, 1.82) is 0 Å². The van der Waals surface area contributed by atoms with Crippen LogP contribution in [0.2, 0.25) is 10.0 Å². The Hall–Kier alpha value is -2.50. The molecule has 1 aromatic heterocycles. The first-order valence-corrected chi connectivity index (χ1v) is 8.11. The van der Waals surface area contributed by atoms with Gasteiger partial charge in [-0.2, -0.15) is 0 Å². The highest BCUT2D eigenvalue weighted by Gasteiger charge is 2.16. The lowest BCUT2D eigenvalue weighted by Crippen LogP contribution is -2.21. The van der Waals surface area contributed by atoms with Gasteiger partial charge in [-0.15, -0.1) is 0 Å². The number of anilines is 1. The number of esters is 1. The maximum absolute atomic E-state index is 12.0. The number of carbonyl (C=O) groups is 2. The molecule has 3 rings (SSSR count). The van der Waals surface area contributed by atoms with E-state index in [1.165, 1.54) is 6.07 Å². The summed E-state index contributed by atoms with van der Waals surface area (Å²) in [6.07, 6.45) is 0. The van der Waals surface area contributed by atoms with Crippen LogP contribution in [0.5, 0.6) is 0 Å². The van der Waals surface area contributed by atoms with Crippen molar-refractivity contribution >= 4 is 51.7 Å². The van der Waals surface area contributed by atoms with E-state index in [-0.39, 0.29) is 5.76 Å². The van der Waals surface area contributed by atoms with Gasteiger partial charge in [0.1, 0.15) is 5.58 Å². The summed E-state index contributed by atoms with van der Waals surface area (Å²) in [6, 6.07) is 11.7. The lowest BCUT2D eigenvalue weighted by molar-refractivity contribution is -0.119. The fourth-order valence-electron chi connectivity index (χ4n) is 2.25. The molecule has 0 fully saturated rings. The molecule has 0 saturated carbocycles. The normalized spacial score (nSPS) is 10.7. The van der Waals surface area contributed by atoms with E-state index in [0.717, 1.165) is 5.56 Å². The predicted octanol–water partition coefficient (Wildman–Crippen LogP) is 4.84. The molecular weight excluding hydrogens is 365 g/mol. The Balaban J connectivity index is 1.63. The third-order valence-electron chi connectivity index (χ3n) is 3.56. The van der Waals surface area contributed by atoms with Gasteiger partial charge in [0.25, 0.3) is 5.91 Å². The van der Waals surface area contributed by atoms with E-state index in [4.69, 9.17) is 32.4 Å². The Bertz CT molecular complexity index is 965. The topological polar surface area (TPSA) is 68.5 Å². The molecule has 0 aliphatic rings. The molecule has 0 atom stereocenters. The molecule has 5 nitrogen and oxygen atoms in total. The zero-order valence-corrected chi connectivity index (χ0v) is 14.6. The lowest BCUT2D eigenvalue weighted by Gasteiger charge is -2.09. The molecule has 3 aromatic rings. The summed E-state index contributed by atoms with van der Waals surface area (Å²) in [7, 11) is 0. The Morgan fingerprint density at radius 2 is 1.96 bits per heavy atom. The molecule has 0 saturated heterocycles. The zero-order chi connectivity index (χ0) is 18.0. The van der Waals surface area contributed by atoms with E-state index in [1.807, 2.05) is 0 Å². The first kappa shape index (κ1) is 17.3. The Kier molecular flexibility index (Phi) is 4.97. The molecule has 0 radical (unpaired) electrons. The van der Waals surface area contributed by atoms with Crippen LogP contribution in [-0.2, 0) is 9.53 Å². The summed E-state index contributed by atoms with van der Waals surface area (Å²) >= 11 is 11.9. The molecule has 0 aliphatic heterocycles. The number of hydrogen-bond donors (Lipinski definition) is 1. The van der Waals surface area contributed by atoms with Crippen molar-refractivity contribution in [1.82, 2.24) is 0 Å². The maximum Gasteiger partial charge on any atom is 0.374 e. The highest BCUT2D eigenvalue weighted by Crippen LogP contribution is 2.24. The van der Waals surface area contributed by atoms with Crippen LogP contribution in [0.15, 0.2) is 46.9 Å². The number of amides is 1. The second kappa shape index (κ2) is 7.17. The molecule has 1 amide bonds. The molecule has 7 heteroatoms. The molecular formula is C18H13Cl2NO4. The van der Waals surface area contributed by atoms with Crippen LogP contribution in [0, 0.1) is 6.92 Å². The van der Waals surface area contributed by atoms with E-state index in [9.17, 15) is 9.59 Å². The number of benzene rings is 2. The van der Waals surface area contributed by atoms with E-state index in [1.54, 1.807) is 43.3 Å². The summed E-state index contributed by atoms with van der Waals surface area (Å²) in [6.45, 7) is 1.34. The van der Waals surface area contributed by atoms with Crippen molar-refractivity contribution in [2.24, 2.45) is 0 Å². The molecule has 0 spiro atoms. The number of hydrogen-bond acceptors (Lipinski definition) is 4. The van der Waals surface area contributed by atoms with E-state index in [2.05, 4.69) is 5.32 Å². The van der Waals surface area contributed by atoms with Crippen LogP contribution >= 0.6 is 23.2 Å². The van der Waals surface area contributed by atoms with Gasteiger partial charge >= 0.3 is 5.97 Å². The molecule has 0 aliphatic carbocycles. The van der Waals surface area contributed by atoms with Gasteiger partial charge in [-0.25, -0.2) is 4.79 Å². The van der Waals surface area contributed by atoms with Crippen LogP contribution in [0.4, 0.5) is 5.69 Å². The van der Waals surface area contributed by atoms with Gasteiger partial charge in [-0.05, 0) is 48.9 Å². The average Bonchev–Trinajstić information content (AvgIpc) is 3.00. The SMILES string of the molecule is Cc1c(Cl)cccc1NC(=O)COC(=O)c1cc2cc(Cl)ccc2o1. The molecule has 128 valence electrons. The van der Waals surface area contributed by atoms with Crippen molar-refractivity contribution in [3.63, 3.8) is 0 Å². The van der Waals surface area contributed by atoms with Crippen LogP contribution in [0.1, 0.15) is 16.1 Å². The van der Waals surface area contributed by atoms with Gasteiger partial charge in [0.15, 0.2) is 6.61 Å². The monoisotopic (exact) mass is 377 g/mol. The van der Waals surface area contributed by atoms with E-state index >= 15 is 0 Å². The Morgan fingerprint density at radius 3 is 2.76 bits per heavy atom. The second-order valence-electron chi connectivity index (χ2n) is 5.33. The van der Waals surface area contributed by atoms with Crippen molar-refractivity contribution in [2.45, 2.75) is 6.92 Å². The minimum absolute atomic E-state index is 0.00371. The van der Waals surface area contributed by atoms with Crippen molar-refractivity contribution in [3.05, 3.63) is 63.8 Å². The molecule has 1 heterocycles. The quantitative estimate of drug-likeness (QED) is 0.660. The first-order chi connectivity index (χ1) is 11.9. The fraction of sp³-hybridized carbons (Fsp3) is 0.111. The fourth-order valence-corrected chi connectivity index (χ4v) is 2.60. The summed E-state index contributed by atoms with van der Waals surface area (Å²) < 4.78 is 10.4. The predicted molar refractivity (Wildman–Crippen MR) is 96.3 cm³/mol. The number of ether oxygens (including phenoxy) is 1. The summed E-state index contributed by atoms with van der Waals surface area (Å²) in [4.78, 5) is 24.0. The third-order valence-corrected chi connectivity index (χ3v) is 4.20. The lowest BCUT2D eigenvalue weighted by atomic mass is 10.2. The minimum atomic E-state index is -0.731. The van der Waals surface area contributed by atoms with Crippen molar-refractivity contribution in [3.8, 4) is 0 Å². The third kappa shape index (κ3) is 3.95. The van der Waals surface area contributed by atoms with Gasteiger partial charge in [0, 0.05) is 21.1 Å². The standard InChI is InChI=1S/C18H13Cl2NO4/c1-10-13(20)3-2-4-14(10)21-17(22)9-24-18(23)16-8-11-7-12(19)5-6-15(11)25-16/h2-8H,9H2,1H3,(H,21,22). The maximum atomic E-state index is 12.0.